The number of nitrogens with two attached hydrogens (primary N) is 1. The molecule has 26 heavy (non-hydrogen) atoms. The van der Waals surface area contributed by atoms with Crippen LogP contribution in [0.2, 0.25) is 0 Å². The highest BCUT2D eigenvalue weighted by molar-refractivity contribution is 8.01. The fourth-order valence-electron chi connectivity index (χ4n) is 2.46. The number of nitrogens with zero attached hydrogens (tertiary/aromatic N) is 4. The van der Waals surface area contributed by atoms with Gasteiger partial charge >= 0.3 is 0 Å². The number of furan rings is 1. The van der Waals surface area contributed by atoms with E-state index in [9.17, 15) is 10.1 Å². The predicted octanol–water partition coefficient (Wildman–Crippen LogP) is 2.78. The Bertz CT molecular complexity index is 968. The summed E-state index contributed by atoms with van der Waals surface area (Å²) in [6.45, 7) is 4.20. The van der Waals surface area contributed by atoms with Crippen molar-refractivity contribution in [3.63, 3.8) is 0 Å². The zero-order valence-electron chi connectivity index (χ0n) is 14.1. The Balaban J connectivity index is 1.80. The van der Waals surface area contributed by atoms with Crippen molar-refractivity contribution in [2.75, 3.05) is 16.8 Å². The van der Waals surface area contributed by atoms with Crippen molar-refractivity contribution < 1.29 is 9.21 Å². The van der Waals surface area contributed by atoms with Crippen molar-refractivity contribution in [3.8, 4) is 6.07 Å². The Kier molecular flexibility index (Phi) is 5.29. The molecule has 10 heteroatoms. The van der Waals surface area contributed by atoms with Gasteiger partial charge in [0.05, 0.1) is 24.1 Å². The van der Waals surface area contributed by atoms with Crippen molar-refractivity contribution in [1.82, 2.24) is 14.8 Å². The van der Waals surface area contributed by atoms with Gasteiger partial charge in [-0.1, -0.05) is 23.1 Å². The first kappa shape index (κ1) is 18.0. The van der Waals surface area contributed by atoms with Gasteiger partial charge < -0.3 is 20.0 Å². The molecule has 0 atom stereocenters. The summed E-state index contributed by atoms with van der Waals surface area (Å²) in [5, 5.41) is 20.3. The summed E-state index contributed by atoms with van der Waals surface area (Å²) in [5.41, 5.74) is 7.72. The largest absolute Gasteiger partial charge is 0.467 e. The lowest BCUT2D eigenvalue weighted by Crippen LogP contribution is -2.18. The lowest BCUT2D eigenvalue weighted by molar-refractivity contribution is -0.113. The molecule has 0 saturated heterocycles. The molecule has 0 saturated carbocycles. The molecule has 0 aliphatic heterocycles. The second-order valence-corrected chi connectivity index (χ2v) is 7.69. The first-order chi connectivity index (χ1) is 12.5. The number of hydrogen-bond donors (Lipinski definition) is 2. The Labute approximate surface area is 158 Å². The van der Waals surface area contributed by atoms with Crippen LogP contribution in [0.5, 0.6) is 0 Å². The van der Waals surface area contributed by atoms with E-state index in [-0.39, 0.29) is 11.7 Å². The first-order valence-corrected chi connectivity index (χ1v) is 9.43. The second-order valence-electron chi connectivity index (χ2n) is 5.45. The number of aromatic nitrogens is 3. The molecule has 0 unspecified atom stereocenters. The average molecular weight is 388 g/mol. The zero-order valence-corrected chi connectivity index (χ0v) is 15.8. The Morgan fingerprint density at radius 1 is 1.50 bits per heavy atom. The lowest BCUT2D eigenvalue weighted by atomic mass is 10.2. The van der Waals surface area contributed by atoms with Gasteiger partial charge in [0.1, 0.15) is 17.6 Å². The Hall–Kier alpha value is -2.77. The quantitative estimate of drug-likeness (QED) is 0.622. The van der Waals surface area contributed by atoms with Crippen LogP contribution in [0.3, 0.4) is 0 Å². The van der Waals surface area contributed by atoms with Crippen LogP contribution >= 0.6 is 23.1 Å². The molecule has 134 valence electrons. The standard InChI is InChI=1S/C16H16N6O2S2/c1-9-10(2)22(7-11-4-3-5-24-11)14(12(9)6-17)19-13(23)8-25-16-21-20-15(18)26-16/h3-5H,7-8H2,1-2H3,(H2,18,20)(H,19,23). The molecule has 3 rings (SSSR count). The highest BCUT2D eigenvalue weighted by atomic mass is 32.2. The number of rotatable bonds is 6. The van der Waals surface area contributed by atoms with Crippen LogP contribution in [-0.4, -0.2) is 26.4 Å². The number of amides is 1. The molecule has 1 amide bonds. The molecule has 3 N–H and O–H groups in total. The Morgan fingerprint density at radius 3 is 2.92 bits per heavy atom. The molecule has 0 aliphatic carbocycles. The molecule has 0 spiro atoms. The number of nitriles is 1. The summed E-state index contributed by atoms with van der Waals surface area (Å²) in [5.74, 6) is 1.12. The third-order valence-corrected chi connectivity index (χ3v) is 5.73. The highest BCUT2D eigenvalue weighted by Crippen LogP contribution is 2.28. The van der Waals surface area contributed by atoms with E-state index in [0.717, 1.165) is 17.0 Å². The van der Waals surface area contributed by atoms with Gasteiger partial charge in [0.2, 0.25) is 11.0 Å². The number of thioether (sulfide) groups is 1. The molecule has 0 radical (unpaired) electrons. The predicted molar refractivity (Wildman–Crippen MR) is 100 cm³/mol. The number of nitrogen functional groups attached to an aromatic ring is 1. The molecule has 0 fully saturated rings. The van der Waals surface area contributed by atoms with Gasteiger partial charge in [0.25, 0.3) is 0 Å². The minimum absolute atomic E-state index is 0.142. The van der Waals surface area contributed by atoms with Crippen molar-refractivity contribution in [2.24, 2.45) is 0 Å². The van der Waals surface area contributed by atoms with Gasteiger partial charge in [-0.25, -0.2) is 0 Å². The maximum absolute atomic E-state index is 12.4. The summed E-state index contributed by atoms with van der Waals surface area (Å²) < 4.78 is 7.89. The normalized spacial score (nSPS) is 10.7. The van der Waals surface area contributed by atoms with E-state index in [1.54, 1.807) is 12.3 Å². The van der Waals surface area contributed by atoms with Crippen molar-refractivity contribution in [2.45, 2.75) is 24.7 Å². The molecule has 0 aliphatic rings. The fourth-order valence-corrected chi connectivity index (χ4v) is 3.90. The number of carbonyl (C=O) groups is 1. The van der Waals surface area contributed by atoms with Gasteiger partial charge in [-0.15, -0.1) is 10.2 Å². The maximum atomic E-state index is 12.4. The minimum atomic E-state index is -0.238. The smallest absolute Gasteiger partial charge is 0.235 e. The monoisotopic (exact) mass is 388 g/mol. The Morgan fingerprint density at radius 2 is 2.31 bits per heavy atom. The van der Waals surface area contributed by atoms with Crippen LogP contribution in [0.25, 0.3) is 0 Å². The van der Waals surface area contributed by atoms with Crippen LogP contribution in [0.4, 0.5) is 10.9 Å². The number of nitrogens with one attached hydrogen (secondary N) is 1. The van der Waals surface area contributed by atoms with E-state index in [4.69, 9.17) is 10.2 Å². The number of carbonyl (C=O) groups excluding carboxylic acids is 1. The van der Waals surface area contributed by atoms with Crippen LogP contribution in [-0.2, 0) is 11.3 Å². The van der Waals surface area contributed by atoms with Crippen molar-refractivity contribution in [3.05, 3.63) is 41.0 Å². The van der Waals surface area contributed by atoms with Gasteiger partial charge in [-0.05, 0) is 31.5 Å². The van der Waals surface area contributed by atoms with Crippen molar-refractivity contribution >= 4 is 40.0 Å². The van der Waals surface area contributed by atoms with Gasteiger partial charge in [-0.3, -0.25) is 4.79 Å². The summed E-state index contributed by atoms with van der Waals surface area (Å²) in [4.78, 5) is 12.4. The lowest BCUT2D eigenvalue weighted by Gasteiger charge is -2.11. The van der Waals surface area contributed by atoms with Crippen LogP contribution in [0.1, 0.15) is 22.6 Å². The van der Waals surface area contributed by atoms with Crippen molar-refractivity contribution in [1.29, 1.82) is 5.26 Å². The minimum Gasteiger partial charge on any atom is -0.467 e. The van der Waals surface area contributed by atoms with E-state index in [1.807, 2.05) is 24.5 Å². The van der Waals surface area contributed by atoms with E-state index in [0.29, 0.717) is 27.4 Å². The maximum Gasteiger partial charge on any atom is 0.235 e. The SMILES string of the molecule is Cc1c(C#N)c(NC(=O)CSc2nnc(N)s2)n(Cc2ccco2)c1C. The molecule has 3 heterocycles. The van der Waals surface area contributed by atoms with Crippen LogP contribution < -0.4 is 11.1 Å². The van der Waals surface area contributed by atoms with E-state index in [2.05, 4.69) is 21.6 Å². The van der Waals surface area contributed by atoms with Gasteiger partial charge in [0, 0.05) is 5.69 Å². The third kappa shape index (κ3) is 3.74. The summed E-state index contributed by atoms with van der Waals surface area (Å²) in [7, 11) is 0. The molecule has 0 bridgehead atoms. The average Bonchev–Trinajstić information content (AvgIpc) is 3.32. The molecule has 8 nitrogen and oxygen atoms in total. The van der Waals surface area contributed by atoms with Crippen LogP contribution in [0.15, 0.2) is 27.2 Å². The zero-order chi connectivity index (χ0) is 18.7. The number of anilines is 2. The summed E-state index contributed by atoms with van der Waals surface area (Å²) in [6, 6.07) is 5.83. The summed E-state index contributed by atoms with van der Waals surface area (Å²) >= 11 is 2.47. The molecular formula is C16H16N6O2S2. The molecule has 3 aromatic rings. The second kappa shape index (κ2) is 7.63. The van der Waals surface area contributed by atoms with Gasteiger partial charge in [-0.2, -0.15) is 5.26 Å². The van der Waals surface area contributed by atoms with E-state index in [1.165, 1.54) is 23.1 Å². The molecule has 0 aromatic carbocycles. The number of hydrogen-bond acceptors (Lipinski definition) is 8. The van der Waals surface area contributed by atoms with E-state index >= 15 is 0 Å². The molecular weight excluding hydrogens is 372 g/mol. The van der Waals surface area contributed by atoms with Gasteiger partial charge in [0.15, 0.2) is 4.34 Å². The summed E-state index contributed by atoms with van der Waals surface area (Å²) in [6.07, 6.45) is 1.59. The topological polar surface area (TPSA) is 123 Å². The van der Waals surface area contributed by atoms with E-state index < -0.39 is 0 Å². The third-order valence-electron chi connectivity index (χ3n) is 3.84. The molecule has 3 aromatic heterocycles. The first-order valence-electron chi connectivity index (χ1n) is 7.63. The highest BCUT2D eigenvalue weighted by Gasteiger charge is 2.20. The fraction of sp³-hybridized carbons (Fsp3) is 0.250. The van der Waals surface area contributed by atoms with Crippen LogP contribution in [0, 0.1) is 25.2 Å².